The van der Waals surface area contributed by atoms with E-state index in [1.54, 1.807) is 18.2 Å². The minimum absolute atomic E-state index is 0.0119. The monoisotopic (exact) mass is 478 g/mol. The van der Waals surface area contributed by atoms with Gasteiger partial charge in [-0.15, -0.1) is 10.2 Å². The fourth-order valence-electron chi connectivity index (χ4n) is 2.79. The van der Waals surface area contributed by atoms with Crippen molar-refractivity contribution >= 4 is 29.4 Å². The van der Waals surface area contributed by atoms with Crippen molar-refractivity contribution in [1.82, 2.24) is 20.2 Å². The molecule has 172 valence electrons. The summed E-state index contributed by atoms with van der Waals surface area (Å²) in [6, 6.07) is 9.77. The van der Waals surface area contributed by atoms with Crippen molar-refractivity contribution in [3.63, 3.8) is 0 Å². The van der Waals surface area contributed by atoms with Gasteiger partial charge in [-0.05, 0) is 36.4 Å². The van der Waals surface area contributed by atoms with Crippen molar-refractivity contribution in [2.75, 3.05) is 23.7 Å². The Morgan fingerprint density at radius 2 is 1.91 bits per heavy atom. The molecule has 14 heteroatoms. The number of fused-ring (bicyclic) bond motifs is 1. The number of benzene rings is 2. The normalized spacial score (nSPS) is 12.0. The first-order valence-electron chi connectivity index (χ1n) is 9.28. The Morgan fingerprint density at radius 3 is 2.67 bits per heavy atom. The van der Waals surface area contributed by atoms with Crippen LogP contribution in [0.2, 0.25) is 0 Å². The van der Waals surface area contributed by atoms with Crippen LogP contribution in [-0.2, 0) is 4.79 Å². The number of halogens is 2. The van der Waals surface area contributed by atoms with Crippen molar-refractivity contribution in [3.05, 3.63) is 42.5 Å². The molecule has 0 unspecified atom stereocenters. The second-order valence-electron chi connectivity index (χ2n) is 6.44. The molecule has 1 aromatic heterocycles. The van der Waals surface area contributed by atoms with E-state index in [0.717, 1.165) is 16.4 Å². The van der Waals surface area contributed by atoms with Gasteiger partial charge in [0, 0.05) is 17.3 Å². The van der Waals surface area contributed by atoms with Gasteiger partial charge in [-0.3, -0.25) is 10.1 Å². The number of imide groups is 1. The van der Waals surface area contributed by atoms with E-state index in [2.05, 4.69) is 25.6 Å². The van der Waals surface area contributed by atoms with Crippen LogP contribution in [-0.4, -0.2) is 46.0 Å². The number of nitrogens with two attached hydrogens (primary N) is 1. The fourth-order valence-corrected chi connectivity index (χ4v) is 3.44. The number of amides is 3. The Balaban J connectivity index is 1.29. The van der Waals surface area contributed by atoms with Crippen LogP contribution < -0.4 is 30.7 Å². The van der Waals surface area contributed by atoms with Crippen LogP contribution in [0.3, 0.4) is 0 Å². The average molecular weight is 478 g/mol. The Labute approximate surface area is 189 Å². The van der Waals surface area contributed by atoms with Gasteiger partial charge in [0.1, 0.15) is 5.75 Å². The second kappa shape index (κ2) is 9.60. The van der Waals surface area contributed by atoms with Crippen molar-refractivity contribution in [2.45, 2.75) is 11.8 Å². The number of nitrogen functional groups attached to an aromatic ring is 1. The third kappa shape index (κ3) is 5.41. The van der Waals surface area contributed by atoms with Gasteiger partial charge in [0.2, 0.25) is 17.9 Å². The molecule has 11 nitrogen and oxygen atoms in total. The minimum Gasteiger partial charge on any atom is -0.454 e. The van der Waals surface area contributed by atoms with Gasteiger partial charge in [0.05, 0.1) is 5.75 Å². The summed E-state index contributed by atoms with van der Waals surface area (Å²) in [4.78, 5) is 24.2. The maximum absolute atomic E-state index is 12.3. The molecule has 0 saturated heterocycles. The maximum atomic E-state index is 12.3. The van der Waals surface area contributed by atoms with Crippen LogP contribution in [0.4, 0.5) is 19.3 Å². The highest BCUT2D eigenvalue weighted by atomic mass is 32.2. The standard InChI is InChI=1S/C19H16F2N6O5S/c20-17(21)32-12-4-1-10(2-5-12)16-25-26-19(27(16)22)33-8-15(28)24-18(29)23-11-3-6-13-14(7-11)31-9-30-13/h1-7,17H,8-9,22H2,(H2,23,24,28,29). The number of aromatic nitrogens is 3. The number of alkyl halides is 2. The molecule has 4 rings (SSSR count). The molecule has 33 heavy (non-hydrogen) atoms. The van der Waals surface area contributed by atoms with Crippen molar-refractivity contribution < 1.29 is 32.6 Å². The van der Waals surface area contributed by atoms with Gasteiger partial charge in [0.25, 0.3) is 0 Å². The van der Waals surface area contributed by atoms with E-state index in [0.29, 0.717) is 22.7 Å². The molecule has 0 fully saturated rings. The fraction of sp³-hybridized carbons (Fsp3) is 0.158. The summed E-state index contributed by atoms with van der Waals surface area (Å²) < 4.78 is 40.4. The number of rotatable bonds is 7. The lowest BCUT2D eigenvalue weighted by Gasteiger charge is -2.08. The van der Waals surface area contributed by atoms with E-state index in [4.69, 9.17) is 15.3 Å². The summed E-state index contributed by atoms with van der Waals surface area (Å²) in [6.07, 6.45) is 0. The van der Waals surface area contributed by atoms with Gasteiger partial charge in [-0.25, -0.2) is 9.47 Å². The molecule has 0 spiro atoms. The van der Waals surface area contributed by atoms with Crippen LogP contribution in [0.25, 0.3) is 11.4 Å². The molecular formula is C19H16F2N6O5S. The van der Waals surface area contributed by atoms with Crippen molar-refractivity contribution in [2.24, 2.45) is 0 Å². The summed E-state index contributed by atoms with van der Waals surface area (Å²) in [5.74, 6) is 6.52. The van der Waals surface area contributed by atoms with Crippen LogP contribution >= 0.6 is 11.8 Å². The number of nitrogens with one attached hydrogen (secondary N) is 2. The zero-order chi connectivity index (χ0) is 23.4. The SMILES string of the molecule is Nn1c(SCC(=O)NC(=O)Nc2ccc3c(c2)OCO3)nnc1-c1ccc(OC(F)F)cc1. The van der Waals surface area contributed by atoms with E-state index < -0.39 is 18.5 Å². The zero-order valence-electron chi connectivity index (χ0n) is 16.7. The first-order valence-corrected chi connectivity index (χ1v) is 10.3. The largest absolute Gasteiger partial charge is 0.454 e. The highest BCUT2D eigenvalue weighted by Crippen LogP contribution is 2.34. The van der Waals surface area contributed by atoms with Gasteiger partial charge >= 0.3 is 12.6 Å². The lowest BCUT2D eigenvalue weighted by molar-refractivity contribution is -0.117. The predicted molar refractivity (Wildman–Crippen MR) is 113 cm³/mol. The predicted octanol–water partition coefficient (Wildman–Crippen LogP) is 2.43. The van der Waals surface area contributed by atoms with Crippen molar-refractivity contribution in [1.29, 1.82) is 0 Å². The first kappa shape index (κ1) is 22.1. The summed E-state index contributed by atoms with van der Waals surface area (Å²) in [7, 11) is 0. The summed E-state index contributed by atoms with van der Waals surface area (Å²) in [5.41, 5.74) is 0.930. The zero-order valence-corrected chi connectivity index (χ0v) is 17.5. The van der Waals surface area contributed by atoms with Crippen LogP contribution in [0, 0.1) is 0 Å². The van der Waals surface area contributed by atoms with Crippen molar-refractivity contribution in [3.8, 4) is 28.6 Å². The maximum Gasteiger partial charge on any atom is 0.387 e. The molecule has 0 atom stereocenters. The number of hydrogen-bond donors (Lipinski definition) is 3. The Morgan fingerprint density at radius 1 is 1.15 bits per heavy atom. The number of nitrogens with zero attached hydrogens (tertiary/aromatic N) is 3. The Bertz CT molecular complexity index is 1170. The topological polar surface area (TPSA) is 143 Å². The molecule has 1 aliphatic rings. The smallest absolute Gasteiger partial charge is 0.387 e. The Hall–Kier alpha value is -4.07. The van der Waals surface area contributed by atoms with E-state index in [1.165, 1.54) is 24.3 Å². The number of thioether (sulfide) groups is 1. The number of urea groups is 1. The molecule has 2 heterocycles. The van der Waals surface area contributed by atoms with Gasteiger partial charge in [0.15, 0.2) is 17.3 Å². The number of ether oxygens (including phenoxy) is 3. The minimum atomic E-state index is -2.93. The number of anilines is 1. The van der Waals surface area contributed by atoms with E-state index in [-0.39, 0.29) is 29.3 Å². The van der Waals surface area contributed by atoms with E-state index in [9.17, 15) is 18.4 Å². The summed E-state index contributed by atoms with van der Waals surface area (Å²) in [6.45, 7) is -2.82. The molecule has 2 aromatic carbocycles. The highest BCUT2D eigenvalue weighted by molar-refractivity contribution is 7.99. The first-order chi connectivity index (χ1) is 15.9. The molecule has 0 aliphatic carbocycles. The van der Waals surface area contributed by atoms with E-state index in [1.807, 2.05) is 0 Å². The third-order valence-electron chi connectivity index (χ3n) is 4.22. The van der Waals surface area contributed by atoms with Gasteiger partial charge in [-0.1, -0.05) is 11.8 Å². The molecule has 0 radical (unpaired) electrons. The van der Waals surface area contributed by atoms with Crippen LogP contribution in [0.1, 0.15) is 0 Å². The number of hydrogen-bond acceptors (Lipinski definition) is 9. The van der Waals surface area contributed by atoms with Crippen LogP contribution in [0.5, 0.6) is 17.2 Å². The molecule has 4 N–H and O–H groups in total. The van der Waals surface area contributed by atoms with E-state index >= 15 is 0 Å². The molecule has 0 bridgehead atoms. The number of carbonyl (C=O) groups is 2. The Kier molecular flexibility index (Phi) is 6.44. The van der Waals surface area contributed by atoms with Gasteiger partial charge in [-0.2, -0.15) is 8.78 Å². The molecular weight excluding hydrogens is 462 g/mol. The molecule has 3 aromatic rings. The van der Waals surface area contributed by atoms with Crippen LogP contribution in [0.15, 0.2) is 47.6 Å². The summed E-state index contributed by atoms with van der Waals surface area (Å²) >= 11 is 0.959. The molecule has 3 amide bonds. The molecule has 0 saturated carbocycles. The quantitative estimate of drug-likeness (QED) is 0.345. The average Bonchev–Trinajstić information content (AvgIpc) is 3.38. The lowest BCUT2D eigenvalue weighted by atomic mass is 10.2. The number of carbonyl (C=O) groups excluding carboxylic acids is 2. The third-order valence-corrected chi connectivity index (χ3v) is 5.16. The second-order valence-corrected chi connectivity index (χ2v) is 7.38. The highest BCUT2D eigenvalue weighted by Gasteiger charge is 2.17. The van der Waals surface area contributed by atoms with Gasteiger partial charge < -0.3 is 25.4 Å². The summed E-state index contributed by atoms with van der Waals surface area (Å²) in [5, 5.41) is 12.8. The lowest BCUT2D eigenvalue weighted by Crippen LogP contribution is -2.35. The molecule has 1 aliphatic heterocycles.